The lowest BCUT2D eigenvalue weighted by Gasteiger charge is -2.30. The van der Waals surface area contributed by atoms with Crippen molar-refractivity contribution in [2.24, 2.45) is 5.92 Å². The lowest BCUT2D eigenvalue weighted by molar-refractivity contribution is -0.120. The number of hydrogen-bond donors (Lipinski definition) is 1. The van der Waals surface area contributed by atoms with Crippen LogP contribution in [0.5, 0.6) is 0 Å². The number of piperidine rings is 1. The number of aromatic nitrogens is 1. The van der Waals surface area contributed by atoms with Gasteiger partial charge in [-0.25, -0.2) is 21.1 Å². The zero-order valence-electron chi connectivity index (χ0n) is 16.7. The summed E-state index contributed by atoms with van der Waals surface area (Å²) < 4.78 is 52.8. The molecule has 1 aromatic carbocycles. The number of para-hydroxylation sites is 1. The van der Waals surface area contributed by atoms with E-state index in [1.165, 1.54) is 49.0 Å². The summed E-state index contributed by atoms with van der Waals surface area (Å²) in [5.74, 6) is -0.740. The highest BCUT2D eigenvalue weighted by Gasteiger charge is 2.33. The van der Waals surface area contributed by atoms with Crippen LogP contribution in [-0.2, 0) is 24.8 Å². The second-order valence-electron chi connectivity index (χ2n) is 7.14. The molecule has 1 aliphatic heterocycles. The summed E-state index contributed by atoms with van der Waals surface area (Å²) in [4.78, 5) is 16.7. The average Bonchev–Trinajstić information content (AvgIpc) is 2.74. The van der Waals surface area contributed by atoms with Crippen LogP contribution in [0.3, 0.4) is 0 Å². The first-order chi connectivity index (χ1) is 14.1. The van der Waals surface area contributed by atoms with Crippen molar-refractivity contribution in [2.45, 2.75) is 22.6 Å². The first-order valence-corrected chi connectivity index (χ1v) is 12.2. The normalized spacial score (nSPS) is 16.5. The van der Waals surface area contributed by atoms with E-state index in [9.17, 15) is 21.6 Å². The summed E-state index contributed by atoms with van der Waals surface area (Å²) in [6.45, 7) is 0.403. The molecule has 1 aromatic heterocycles. The van der Waals surface area contributed by atoms with Gasteiger partial charge in [-0.2, -0.15) is 4.31 Å². The number of sulfonamides is 2. The Morgan fingerprint density at radius 2 is 1.73 bits per heavy atom. The molecule has 30 heavy (non-hydrogen) atoms. The van der Waals surface area contributed by atoms with Crippen molar-refractivity contribution in [3.63, 3.8) is 0 Å². The van der Waals surface area contributed by atoms with E-state index in [1.54, 1.807) is 18.2 Å². The minimum Gasteiger partial charge on any atom is -0.325 e. The average molecular weight is 453 g/mol. The maximum absolute atomic E-state index is 12.7. The van der Waals surface area contributed by atoms with Gasteiger partial charge in [0.1, 0.15) is 9.79 Å². The Hall–Kier alpha value is -2.34. The number of amides is 1. The van der Waals surface area contributed by atoms with Crippen LogP contribution >= 0.6 is 0 Å². The second-order valence-corrected chi connectivity index (χ2v) is 11.2. The van der Waals surface area contributed by atoms with E-state index in [1.807, 2.05) is 0 Å². The van der Waals surface area contributed by atoms with Gasteiger partial charge in [0, 0.05) is 45.5 Å². The highest BCUT2D eigenvalue weighted by molar-refractivity contribution is 7.89. The summed E-state index contributed by atoms with van der Waals surface area (Å²) in [6.07, 6.45) is 3.49. The smallest absolute Gasteiger partial charge is 0.244 e. The van der Waals surface area contributed by atoms with Gasteiger partial charge in [-0.1, -0.05) is 12.1 Å². The van der Waals surface area contributed by atoms with E-state index in [-0.39, 0.29) is 34.5 Å². The third-order valence-electron chi connectivity index (χ3n) is 5.00. The number of carbonyl (C=O) groups excluding carboxylic acids is 1. The molecule has 0 bridgehead atoms. The number of pyridine rings is 1. The molecule has 2 aromatic rings. The van der Waals surface area contributed by atoms with Crippen molar-refractivity contribution in [1.82, 2.24) is 13.6 Å². The zero-order valence-corrected chi connectivity index (χ0v) is 18.4. The fraction of sp³-hybridized carbons (Fsp3) is 0.368. The molecule has 3 rings (SSSR count). The Morgan fingerprint density at radius 1 is 1.07 bits per heavy atom. The molecule has 11 heteroatoms. The molecule has 1 fully saturated rings. The van der Waals surface area contributed by atoms with Crippen LogP contribution in [0, 0.1) is 5.92 Å². The minimum absolute atomic E-state index is 0.0138. The van der Waals surface area contributed by atoms with E-state index in [0.29, 0.717) is 12.8 Å². The maximum atomic E-state index is 12.7. The summed E-state index contributed by atoms with van der Waals surface area (Å²) >= 11 is 0. The lowest BCUT2D eigenvalue weighted by Crippen LogP contribution is -2.41. The molecular weight excluding hydrogens is 428 g/mol. The highest BCUT2D eigenvalue weighted by atomic mass is 32.2. The van der Waals surface area contributed by atoms with E-state index in [0.717, 1.165) is 4.31 Å². The van der Waals surface area contributed by atoms with Crippen LogP contribution in [0.15, 0.2) is 58.6 Å². The highest BCUT2D eigenvalue weighted by Crippen LogP contribution is 2.27. The second kappa shape index (κ2) is 8.80. The van der Waals surface area contributed by atoms with Gasteiger partial charge >= 0.3 is 0 Å². The van der Waals surface area contributed by atoms with Gasteiger partial charge in [0.05, 0.1) is 5.69 Å². The van der Waals surface area contributed by atoms with Crippen molar-refractivity contribution < 1.29 is 21.6 Å². The number of nitrogens with one attached hydrogen (secondary N) is 1. The van der Waals surface area contributed by atoms with E-state index >= 15 is 0 Å². The third-order valence-corrected chi connectivity index (χ3v) is 8.76. The third kappa shape index (κ3) is 4.53. The first kappa shape index (κ1) is 22.3. The minimum atomic E-state index is -3.72. The van der Waals surface area contributed by atoms with Crippen molar-refractivity contribution in [1.29, 1.82) is 0 Å². The van der Waals surface area contributed by atoms with Crippen LogP contribution in [0.2, 0.25) is 0 Å². The maximum Gasteiger partial charge on any atom is 0.244 e. The molecule has 0 atom stereocenters. The molecule has 0 saturated carbocycles. The molecule has 0 spiro atoms. The molecule has 0 radical (unpaired) electrons. The van der Waals surface area contributed by atoms with Crippen LogP contribution in [0.4, 0.5) is 5.69 Å². The van der Waals surface area contributed by atoms with Crippen molar-refractivity contribution in [3.8, 4) is 0 Å². The number of benzene rings is 1. The standard InChI is InChI=1S/C19H24N4O5S2/c1-22(2)30(27,28)18-8-4-3-7-17(18)21-19(24)15-9-12-23(13-10-15)29(25,26)16-6-5-11-20-14-16/h3-8,11,14-15H,9-10,12-13H2,1-2H3,(H,21,24). The molecule has 162 valence electrons. The van der Waals surface area contributed by atoms with Crippen LogP contribution < -0.4 is 5.32 Å². The van der Waals surface area contributed by atoms with Gasteiger partial charge in [0.2, 0.25) is 26.0 Å². The molecule has 1 saturated heterocycles. The molecular formula is C19H24N4O5S2. The topological polar surface area (TPSA) is 117 Å². The number of nitrogens with zero attached hydrogens (tertiary/aromatic N) is 3. The van der Waals surface area contributed by atoms with Gasteiger partial charge in [0.25, 0.3) is 0 Å². The molecule has 1 aliphatic rings. The fourth-order valence-corrected chi connectivity index (χ4v) is 5.71. The van der Waals surface area contributed by atoms with Crippen molar-refractivity contribution in [3.05, 3.63) is 48.8 Å². The summed E-state index contributed by atoms with van der Waals surface area (Å²) in [5.41, 5.74) is 0.210. The van der Waals surface area contributed by atoms with Gasteiger partial charge < -0.3 is 5.32 Å². The SMILES string of the molecule is CN(C)S(=O)(=O)c1ccccc1NC(=O)C1CCN(S(=O)(=O)c2cccnc2)CC1. The Balaban J connectivity index is 1.69. The number of rotatable bonds is 6. The molecule has 2 heterocycles. The van der Waals surface area contributed by atoms with Crippen molar-refractivity contribution in [2.75, 3.05) is 32.5 Å². The zero-order chi connectivity index (χ0) is 21.9. The quantitative estimate of drug-likeness (QED) is 0.708. The predicted molar refractivity (Wildman–Crippen MR) is 112 cm³/mol. The summed E-state index contributed by atoms with van der Waals surface area (Å²) in [7, 11) is -4.52. The monoisotopic (exact) mass is 452 g/mol. The van der Waals surface area contributed by atoms with E-state index in [2.05, 4.69) is 10.3 Å². The predicted octanol–water partition coefficient (Wildman–Crippen LogP) is 1.37. The van der Waals surface area contributed by atoms with Crippen LogP contribution in [0.25, 0.3) is 0 Å². The summed E-state index contributed by atoms with van der Waals surface area (Å²) in [6, 6.07) is 9.26. The van der Waals surface area contributed by atoms with Gasteiger partial charge in [-0.15, -0.1) is 0 Å². The van der Waals surface area contributed by atoms with Gasteiger partial charge in [-0.05, 0) is 37.1 Å². The van der Waals surface area contributed by atoms with Crippen LogP contribution in [0.1, 0.15) is 12.8 Å². The van der Waals surface area contributed by atoms with Crippen LogP contribution in [-0.4, -0.2) is 63.5 Å². The molecule has 9 nitrogen and oxygen atoms in total. The largest absolute Gasteiger partial charge is 0.325 e. The fourth-order valence-electron chi connectivity index (χ4n) is 3.23. The Labute approximate surface area is 176 Å². The molecule has 0 aliphatic carbocycles. The Morgan fingerprint density at radius 3 is 2.33 bits per heavy atom. The Bertz CT molecular complexity index is 1110. The van der Waals surface area contributed by atoms with Gasteiger partial charge in [0.15, 0.2) is 0 Å². The Kier molecular flexibility index (Phi) is 6.56. The molecule has 1 N–H and O–H groups in total. The molecule has 1 amide bonds. The number of hydrogen-bond acceptors (Lipinski definition) is 6. The number of carbonyl (C=O) groups is 1. The summed E-state index contributed by atoms with van der Waals surface area (Å²) in [5, 5.41) is 2.70. The van der Waals surface area contributed by atoms with Gasteiger partial charge in [-0.3, -0.25) is 9.78 Å². The van der Waals surface area contributed by atoms with E-state index < -0.39 is 26.0 Å². The first-order valence-electron chi connectivity index (χ1n) is 9.36. The van der Waals surface area contributed by atoms with E-state index in [4.69, 9.17) is 0 Å². The van der Waals surface area contributed by atoms with Crippen molar-refractivity contribution >= 4 is 31.6 Å². The molecule has 0 unspecified atom stereocenters. The number of anilines is 1. The lowest BCUT2D eigenvalue weighted by atomic mass is 9.97.